The van der Waals surface area contributed by atoms with E-state index in [2.05, 4.69) is 177 Å². The predicted octanol–water partition coefficient (Wildman–Crippen LogP) is -1.88. The molecule has 0 N–H and O–H groups in total. The van der Waals surface area contributed by atoms with Crippen LogP contribution in [0, 0.1) is 0 Å². The Kier molecular flexibility index (Phi) is 6.81. The van der Waals surface area contributed by atoms with Gasteiger partial charge in [-0.15, -0.1) is 5.46 Å². The average molecular weight is 646 g/mol. The van der Waals surface area contributed by atoms with Gasteiger partial charge in [0.15, 0.2) is 0 Å². The molecule has 0 unspecified atom stereocenters. The molecule has 0 radical (unpaired) electrons. The third-order valence-corrected chi connectivity index (χ3v) is 11.9. The van der Waals surface area contributed by atoms with Crippen LogP contribution in [0.1, 0.15) is 0 Å². The van der Waals surface area contributed by atoms with Gasteiger partial charge in [0.2, 0.25) is 0 Å². The van der Waals surface area contributed by atoms with Crippen molar-refractivity contribution in [1.29, 1.82) is 0 Å². The summed E-state index contributed by atoms with van der Waals surface area (Å²) in [4.78, 5) is 0. The second kappa shape index (κ2) is 10.7. The number of fused-ring (bicyclic) bond motifs is 6. The molecule has 0 aliphatic heterocycles. The molecule has 0 aliphatic rings. The van der Waals surface area contributed by atoms with Gasteiger partial charge in [0.1, 0.15) is 54.9 Å². The summed E-state index contributed by atoms with van der Waals surface area (Å²) in [5.41, 5.74) is 19.3. The molecule has 0 atom stereocenters. The number of aromatic nitrogens is 2. The number of hydrogen-bond acceptors (Lipinski definition) is 0. The zero-order chi connectivity index (χ0) is 32.0. The van der Waals surface area contributed by atoms with Gasteiger partial charge in [-0.2, -0.15) is 0 Å². The summed E-state index contributed by atoms with van der Waals surface area (Å²) in [6.07, 6.45) is 0. The summed E-state index contributed by atoms with van der Waals surface area (Å²) in [5.74, 6) is 0. The Morgan fingerprint density at radius 1 is 0.457 bits per heavy atom. The van der Waals surface area contributed by atoms with Crippen molar-refractivity contribution in [2.45, 2.75) is 0 Å². The molecule has 0 spiro atoms. The molecule has 2 heterocycles. The maximum Gasteiger partial charge on any atom is 0.141 e. The number of benzene rings is 6. The molecule has 0 bridgehead atoms. The van der Waals surface area contributed by atoms with E-state index in [1.54, 1.807) is 0 Å². The highest BCUT2D eigenvalue weighted by Crippen LogP contribution is 2.38. The molecule has 0 fully saturated rings. The quantitative estimate of drug-likeness (QED) is 0.199. The lowest BCUT2D eigenvalue weighted by Gasteiger charge is -2.17. The van der Waals surface area contributed by atoms with Crippen LogP contribution in [0.4, 0.5) is 0 Å². The fraction of sp³-hybridized carbons (Fsp3) is 0. The SMILES string of the molecule is Bc1c(B)c(B)c2c(c1B)c1c(B)c(Br)c(B)c(B)c1n2-c1ccc2c(c1)c1ccccc1n2-c1ccccc1-c1ccccc1. The molecule has 8 aromatic rings. The largest absolute Gasteiger partial charge is 0.310 e. The highest BCUT2D eigenvalue weighted by atomic mass is 79.9. The topological polar surface area (TPSA) is 9.86 Å². The number of hydrogen-bond donors (Lipinski definition) is 0. The Bertz CT molecular complexity index is 2490. The predicted molar refractivity (Wildman–Crippen MR) is 226 cm³/mol. The first-order chi connectivity index (χ1) is 22.2. The summed E-state index contributed by atoms with van der Waals surface area (Å²) in [5, 5.41) is 5.24. The van der Waals surface area contributed by atoms with Gasteiger partial charge >= 0.3 is 0 Å². The molecular formula is C36H30B7BrN2. The van der Waals surface area contributed by atoms with Gasteiger partial charge < -0.3 is 9.13 Å². The van der Waals surface area contributed by atoms with E-state index >= 15 is 0 Å². The van der Waals surface area contributed by atoms with Crippen molar-refractivity contribution in [3.05, 3.63) is 102 Å². The molecule has 0 saturated heterocycles. The minimum atomic E-state index is 1.19. The Labute approximate surface area is 284 Å². The zero-order valence-electron chi connectivity index (χ0n) is 27.5. The van der Waals surface area contributed by atoms with Gasteiger partial charge in [0.05, 0.1) is 16.7 Å². The molecule has 46 heavy (non-hydrogen) atoms. The first-order valence-electron chi connectivity index (χ1n) is 16.1. The van der Waals surface area contributed by atoms with Crippen LogP contribution < -0.4 is 38.2 Å². The Morgan fingerprint density at radius 3 is 1.80 bits per heavy atom. The first kappa shape index (κ1) is 29.3. The summed E-state index contributed by atoms with van der Waals surface area (Å²) in [7, 11) is 16.0. The highest BCUT2D eigenvalue weighted by molar-refractivity contribution is 9.10. The lowest BCUT2D eigenvalue weighted by atomic mass is 9.65. The van der Waals surface area contributed by atoms with Crippen molar-refractivity contribution in [3.63, 3.8) is 0 Å². The summed E-state index contributed by atoms with van der Waals surface area (Å²) in [6, 6.07) is 35.4. The maximum atomic E-state index is 3.97. The van der Waals surface area contributed by atoms with Crippen LogP contribution in [-0.4, -0.2) is 64.1 Å². The second-order valence-electron chi connectivity index (χ2n) is 12.9. The summed E-state index contributed by atoms with van der Waals surface area (Å²) >= 11 is 3.97. The first-order valence-corrected chi connectivity index (χ1v) is 16.9. The van der Waals surface area contributed by atoms with Crippen molar-refractivity contribution in [2.24, 2.45) is 0 Å². The Balaban J connectivity index is 1.51. The van der Waals surface area contributed by atoms with Crippen molar-refractivity contribution < 1.29 is 0 Å². The molecular weight excluding hydrogens is 616 g/mol. The molecule has 2 nitrogen and oxygen atoms in total. The number of halogens is 1. The number of para-hydroxylation sites is 2. The second-order valence-corrected chi connectivity index (χ2v) is 13.7. The average Bonchev–Trinajstić information content (AvgIpc) is 3.62. The van der Waals surface area contributed by atoms with E-state index in [0.29, 0.717) is 0 Å². The monoisotopic (exact) mass is 646 g/mol. The van der Waals surface area contributed by atoms with Crippen LogP contribution in [0.5, 0.6) is 0 Å². The molecule has 0 amide bonds. The minimum absolute atomic E-state index is 1.19. The molecule has 10 heteroatoms. The van der Waals surface area contributed by atoms with Gasteiger partial charge in [-0.25, -0.2) is 0 Å². The Morgan fingerprint density at radius 2 is 1.04 bits per heavy atom. The van der Waals surface area contributed by atoms with E-state index in [-0.39, 0.29) is 0 Å². The third kappa shape index (κ3) is 3.99. The zero-order valence-corrected chi connectivity index (χ0v) is 29.1. The lowest BCUT2D eigenvalue weighted by Crippen LogP contribution is -2.48. The number of nitrogens with zero attached hydrogens (tertiary/aromatic N) is 2. The Hall–Kier alpha value is -4.15. The van der Waals surface area contributed by atoms with E-state index in [9.17, 15) is 0 Å². The van der Waals surface area contributed by atoms with Crippen LogP contribution in [0.25, 0.3) is 66.1 Å². The van der Waals surface area contributed by atoms with E-state index in [1.807, 2.05) is 0 Å². The van der Waals surface area contributed by atoms with E-state index < -0.39 is 0 Å². The fourth-order valence-corrected chi connectivity index (χ4v) is 8.32. The highest BCUT2D eigenvalue weighted by Gasteiger charge is 2.24. The van der Waals surface area contributed by atoms with Gasteiger partial charge in [-0.3, -0.25) is 0 Å². The molecule has 0 aliphatic carbocycles. The van der Waals surface area contributed by atoms with Crippen molar-refractivity contribution in [3.8, 4) is 22.5 Å². The van der Waals surface area contributed by atoms with Gasteiger partial charge in [-0.05, 0) is 41.3 Å². The van der Waals surface area contributed by atoms with E-state index in [4.69, 9.17) is 0 Å². The maximum absolute atomic E-state index is 3.97. The summed E-state index contributed by atoms with van der Waals surface area (Å²) in [6.45, 7) is 0. The summed E-state index contributed by atoms with van der Waals surface area (Å²) < 4.78 is 6.22. The van der Waals surface area contributed by atoms with Gasteiger partial charge in [0, 0.05) is 42.9 Å². The van der Waals surface area contributed by atoms with Crippen molar-refractivity contribution in [1.82, 2.24) is 9.13 Å². The normalized spacial score (nSPS) is 11.8. The van der Waals surface area contributed by atoms with Crippen LogP contribution in [0.3, 0.4) is 0 Å². The van der Waals surface area contributed by atoms with Crippen molar-refractivity contribution in [2.75, 3.05) is 0 Å². The van der Waals surface area contributed by atoms with Crippen LogP contribution in [-0.2, 0) is 0 Å². The van der Waals surface area contributed by atoms with Crippen LogP contribution in [0.2, 0.25) is 0 Å². The molecule has 8 rings (SSSR count). The van der Waals surface area contributed by atoms with Crippen LogP contribution >= 0.6 is 15.9 Å². The standard InChI is InChI=1S/C36H30B7BrN2/c37-27-25-26-28(38)34(44)31(41)33(43)36(26)45(35(25)32(42)30(40)29(27)39)18-14-15-24-21(16-18)20-11-5-7-13-23(20)46(24)22-12-6-4-10-19(22)17-8-2-1-3-9-17/h1-16H,37-43H2. The smallest absolute Gasteiger partial charge is 0.141 e. The van der Waals surface area contributed by atoms with E-state index in [1.165, 1.54) is 109 Å². The van der Waals surface area contributed by atoms with Crippen molar-refractivity contribution >= 4 is 153 Å². The van der Waals surface area contributed by atoms with E-state index in [0.717, 1.165) is 0 Å². The van der Waals surface area contributed by atoms with Gasteiger partial charge in [-0.1, -0.05) is 115 Å². The molecule has 2 aromatic heterocycles. The fourth-order valence-electron chi connectivity index (χ4n) is 7.82. The third-order valence-electron chi connectivity index (χ3n) is 10.7. The number of rotatable bonds is 3. The molecule has 212 valence electrons. The lowest BCUT2D eigenvalue weighted by molar-refractivity contribution is 1.17. The molecule has 0 saturated carbocycles. The molecule has 6 aromatic carbocycles. The minimum Gasteiger partial charge on any atom is -0.310 e. The van der Waals surface area contributed by atoms with Crippen LogP contribution in [0.15, 0.2) is 102 Å². The van der Waals surface area contributed by atoms with Gasteiger partial charge in [0.25, 0.3) is 0 Å².